The van der Waals surface area contributed by atoms with Gasteiger partial charge in [-0.05, 0) is 53.7 Å². The topological polar surface area (TPSA) is 56.7 Å². The fourth-order valence-corrected chi connectivity index (χ4v) is 2.63. The molecule has 0 radical (unpaired) electrons. The normalized spacial score (nSPS) is 10.9. The van der Waals surface area contributed by atoms with E-state index in [1.165, 1.54) is 0 Å². The third-order valence-electron chi connectivity index (χ3n) is 3.58. The van der Waals surface area contributed by atoms with Crippen LogP contribution in [0.3, 0.4) is 0 Å². The Kier molecular flexibility index (Phi) is 4.72. The first kappa shape index (κ1) is 16.0. The molecule has 0 saturated heterocycles. The van der Waals surface area contributed by atoms with Gasteiger partial charge in [0.15, 0.2) is 5.11 Å². The summed E-state index contributed by atoms with van der Waals surface area (Å²) in [7, 11) is 0. The molecule has 0 aliphatic rings. The lowest BCUT2D eigenvalue weighted by Gasteiger charge is -2.08. The number of hydrazone groups is 1. The third kappa shape index (κ3) is 3.70. The van der Waals surface area contributed by atoms with Gasteiger partial charge in [0.2, 0.25) is 0 Å². The predicted molar refractivity (Wildman–Crippen MR) is 104 cm³/mol. The van der Waals surface area contributed by atoms with Crippen LogP contribution in [0, 0.1) is 6.92 Å². The standard InChI is InChI=1S/C19H17N3OS/c1-13-5-4-7-15(11-13)21-19(24)22-20-12-17-16-8-3-2-6-14(16)9-10-18(17)23/h2-12,23H,1H3,(H2,21,22,24)/b20-12-. The number of thiocarbonyl (C=S) groups is 1. The number of fused-ring (bicyclic) bond motifs is 1. The Morgan fingerprint density at radius 1 is 1.08 bits per heavy atom. The smallest absolute Gasteiger partial charge is 0.191 e. The van der Waals surface area contributed by atoms with E-state index in [0.29, 0.717) is 10.7 Å². The number of rotatable bonds is 3. The highest BCUT2D eigenvalue weighted by Crippen LogP contribution is 2.25. The van der Waals surface area contributed by atoms with Crippen molar-refractivity contribution in [2.75, 3.05) is 5.32 Å². The number of nitrogens with one attached hydrogen (secondary N) is 2. The summed E-state index contributed by atoms with van der Waals surface area (Å²) < 4.78 is 0. The highest BCUT2D eigenvalue weighted by molar-refractivity contribution is 7.80. The van der Waals surface area contributed by atoms with E-state index in [9.17, 15) is 5.11 Å². The fraction of sp³-hybridized carbons (Fsp3) is 0.0526. The number of benzene rings is 3. The first-order valence-corrected chi connectivity index (χ1v) is 7.92. The minimum absolute atomic E-state index is 0.178. The number of hydrogen-bond donors (Lipinski definition) is 3. The van der Waals surface area contributed by atoms with Crippen LogP contribution in [0.1, 0.15) is 11.1 Å². The largest absolute Gasteiger partial charge is 0.507 e. The van der Waals surface area contributed by atoms with Gasteiger partial charge in [-0.25, -0.2) is 0 Å². The van der Waals surface area contributed by atoms with Gasteiger partial charge in [0, 0.05) is 11.3 Å². The Bertz CT molecular complexity index is 921. The summed E-state index contributed by atoms with van der Waals surface area (Å²) in [4.78, 5) is 0. The van der Waals surface area contributed by atoms with E-state index in [1.807, 2.05) is 61.5 Å². The maximum Gasteiger partial charge on any atom is 0.191 e. The Hall–Kier alpha value is -2.92. The van der Waals surface area contributed by atoms with Crippen LogP contribution >= 0.6 is 12.2 Å². The number of nitrogens with zero attached hydrogens (tertiary/aromatic N) is 1. The van der Waals surface area contributed by atoms with E-state index in [-0.39, 0.29) is 5.75 Å². The molecule has 0 aliphatic carbocycles. The molecule has 3 rings (SSSR count). The molecule has 0 spiro atoms. The first-order chi connectivity index (χ1) is 11.6. The van der Waals surface area contributed by atoms with Gasteiger partial charge in [-0.3, -0.25) is 5.43 Å². The molecule has 0 aliphatic heterocycles. The van der Waals surface area contributed by atoms with Crippen molar-refractivity contribution in [1.29, 1.82) is 0 Å². The minimum atomic E-state index is 0.178. The van der Waals surface area contributed by atoms with Crippen LogP contribution < -0.4 is 10.7 Å². The van der Waals surface area contributed by atoms with Crippen LogP contribution in [0.15, 0.2) is 65.8 Å². The van der Waals surface area contributed by atoms with Gasteiger partial charge in [0.05, 0.1) is 6.21 Å². The zero-order chi connectivity index (χ0) is 16.9. The highest BCUT2D eigenvalue weighted by Gasteiger charge is 2.04. The lowest BCUT2D eigenvalue weighted by Crippen LogP contribution is -2.23. The van der Waals surface area contributed by atoms with E-state index in [0.717, 1.165) is 22.0 Å². The van der Waals surface area contributed by atoms with Crippen LogP contribution in [0.25, 0.3) is 10.8 Å². The Labute approximate surface area is 145 Å². The Balaban J connectivity index is 1.72. The molecule has 24 heavy (non-hydrogen) atoms. The average Bonchev–Trinajstić information content (AvgIpc) is 2.57. The zero-order valence-corrected chi connectivity index (χ0v) is 14.0. The molecule has 0 saturated carbocycles. The molecular weight excluding hydrogens is 318 g/mol. The Morgan fingerprint density at radius 3 is 2.75 bits per heavy atom. The summed E-state index contributed by atoms with van der Waals surface area (Å²) in [6, 6.07) is 19.3. The van der Waals surface area contributed by atoms with E-state index in [2.05, 4.69) is 15.8 Å². The van der Waals surface area contributed by atoms with E-state index >= 15 is 0 Å². The zero-order valence-electron chi connectivity index (χ0n) is 13.2. The van der Waals surface area contributed by atoms with Gasteiger partial charge in [-0.2, -0.15) is 5.10 Å². The van der Waals surface area contributed by atoms with Crippen molar-refractivity contribution in [2.45, 2.75) is 6.92 Å². The second-order valence-electron chi connectivity index (χ2n) is 5.41. The highest BCUT2D eigenvalue weighted by atomic mass is 32.1. The number of aryl methyl sites for hydroxylation is 1. The average molecular weight is 335 g/mol. The van der Waals surface area contributed by atoms with Gasteiger partial charge < -0.3 is 10.4 Å². The summed E-state index contributed by atoms with van der Waals surface area (Å²) in [5.74, 6) is 0.178. The molecule has 0 aromatic heterocycles. The molecule has 0 bridgehead atoms. The summed E-state index contributed by atoms with van der Waals surface area (Å²) in [6.45, 7) is 2.02. The SMILES string of the molecule is Cc1cccc(NC(=S)N/N=C\c2c(O)ccc3ccccc23)c1. The van der Waals surface area contributed by atoms with Gasteiger partial charge in [0.25, 0.3) is 0 Å². The molecular formula is C19H17N3OS. The number of anilines is 1. The lowest BCUT2D eigenvalue weighted by atomic mass is 10.0. The number of hydrogen-bond acceptors (Lipinski definition) is 3. The lowest BCUT2D eigenvalue weighted by molar-refractivity contribution is 0.475. The third-order valence-corrected chi connectivity index (χ3v) is 3.78. The fourth-order valence-electron chi connectivity index (χ4n) is 2.46. The first-order valence-electron chi connectivity index (χ1n) is 7.51. The van der Waals surface area contributed by atoms with Gasteiger partial charge in [-0.15, -0.1) is 0 Å². The van der Waals surface area contributed by atoms with Crippen molar-refractivity contribution < 1.29 is 5.11 Å². The van der Waals surface area contributed by atoms with Crippen molar-refractivity contribution in [3.05, 3.63) is 71.8 Å². The van der Waals surface area contributed by atoms with E-state index in [1.54, 1.807) is 12.3 Å². The maximum absolute atomic E-state index is 10.1. The van der Waals surface area contributed by atoms with Crippen molar-refractivity contribution in [1.82, 2.24) is 5.43 Å². The van der Waals surface area contributed by atoms with Gasteiger partial charge >= 0.3 is 0 Å². The quantitative estimate of drug-likeness (QED) is 0.382. The van der Waals surface area contributed by atoms with Crippen LogP contribution in [0.2, 0.25) is 0 Å². The molecule has 3 N–H and O–H groups in total. The summed E-state index contributed by atoms with van der Waals surface area (Å²) in [6.07, 6.45) is 1.57. The van der Waals surface area contributed by atoms with Crippen molar-refractivity contribution >= 4 is 40.0 Å². The molecule has 120 valence electrons. The molecule has 0 atom stereocenters. The maximum atomic E-state index is 10.1. The molecule has 0 amide bonds. The van der Waals surface area contributed by atoms with Gasteiger partial charge in [0.1, 0.15) is 5.75 Å². The molecule has 5 heteroatoms. The van der Waals surface area contributed by atoms with Crippen molar-refractivity contribution in [2.24, 2.45) is 5.10 Å². The van der Waals surface area contributed by atoms with Crippen molar-refractivity contribution in [3.8, 4) is 5.75 Å². The predicted octanol–water partition coefficient (Wildman–Crippen LogP) is 4.17. The van der Waals surface area contributed by atoms with Crippen LogP contribution in [-0.2, 0) is 0 Å². The molecule has 3 aromatic carbocycles. The minimum Gasteiger partial charge on any atom is -0.507 e. The second kappa shape index (κ2) is 7.10. The van der Waals surface area contributed by atoms with Crippen LogP contribution in [0.4, 0.5) is 5.69 Å². The molecule has 0 unspecified atom stereocenters. The molecule has 3 aromatic rings. The molecule has 4 nitrogen and oxygen atoms in total. The number of phenols is 1. The Morgan fingerprint density at radius 2 is 1.92 bits per heavy atom. The van der Waals surface area contributed by atoms with Crippen LogP contribution in [-0.4, -0.2) is 16.4 Å². The van der Waals surface area contributed by atoms with Gasteiger partial charge in [-0.1, -0.05) is 42.5 Å². The van der Waals surface area contributed by atoms with Crippen LogP contribution in [0.5, 0.6) is 5.75 Å². The van der Waals surface area contributed by atoms with Crippen molar-refractivity contribution in [3.63, 3.8) is 0 Å². The van der Waals surface area contributed by atoms with E-state index in [4.69, 9.17) is 12.2 Å². The molecule has 0 fully saturated rings. The number of aromatic hydroxyl groups is 1. The summed E-state index contributed by atoms with van der Waals surface area (Å²) >= 11 is 5.22. The second-order valence-corrected chi connectivity index (χ2v) is 5.82. The monoisotopic (exact) mass is 335 g/mol. The number of phenolic OH excluding ortho intramolecular Hbond substituents is 1. The summed E-state index contributed by atoms with van der Waals surface area (Å²) in [5, 5.41) is 19.6. The summed E-state index contributed by atoms with van der Waals surface area (Å²) in [5.41, 5.74) is 5.47. The molecule has 0 heterocycles. The van der Waals surface area contributed by atoms with E-state index < -0.39 is 0 Å².